The zero-order chi connectivity index (χ0) is 12.3. The van der Waals surface area contributed by atoms with Gasteiger partial charge in [-0.3, -0.25) is 4.90 Å². The number of halogens is 1. The summed E-state index contributed by atoms with van der Waals surface area (Å²) in [4.78, 5) is 2.15. The third-order valence-corrected chi connectivity index (χ3v) is 3.20. The lowest BCUT2D eigenvalue weighted by Gasteiger charge is -2.34. The number of hydrogen-bond donors (Lipinski definition) is 0. The summed E-state index contributed by atoms with van der Waals surface area (Å²) in [5.41, 5.74) is 0.992. The summed E-state index contributed by atoms with van der Waals surface area (Å²) in [6.45, 7) is 4.31. The van der Waals surface area contributed by atoms with Crippen LogP contribution in [0.15, 0.2) is 24.3 Å². The third-order valence-electron chi connectivity index (χ3n) is 2.95. The highest BCUT2D eigenvalue weighted by molar-refractivity contribution is 6.30. The molecule has 4 heteroatoms. The number of morpholine rings is 1. The molecule has 3 nitrogen and oxygen atoms in total. The molecular weight excluding hydrogens is 236 g/mol. The number of benzene rings is 1. The minimum Gasteiger partial charge on any atom is -0.376 e. The molecule has 1 heterocycles. The first-order chi connectivity index (χ1) is 8.20. The van der Waals surface area contributed by atoms with Crippen LogP contribution in [0.1, 0.15) is 18.5 Å². The van der Waals surface area contributed by atoms with Gasteiger partial charge in [-0.05, 0) is 24.6 Å². The van der Waals surface area contributed by atoms with Gasteiger partial charge in [0.05, 0.1) is 18.8 Å². The summed E-state index contributed by atoms with van der Waals surface area (Å²) in [6, 6.07) is 9.62. The Morgan fingerprint density at radius 1 is 1.47 bits per heavy atom. The molecule has 0 radical (unpaired) electrons. The monoisotopic (exact) mass is 250 g/mol. The first-order valence-corrected chi connectivity index (χ1v) is 6.09. The second-order valence-corrected chi connectivity index (χ2v) is 4.70. The van der Waals surface area contributed by atoms with Crippen molar-refractivity contribution < 1.29 is 4.74 Å². The number of hydrogen-bond acceptors (Lipinski definition) is 3. The van der Waals surface area contributed by atoms with Gasteiger partial charge >= 0.3 is 0 Å². The van der Waals surface area contributed by atoms with Crippen molar-refractivity contribution in [2.45, 2.75) is 19.1 Å². The van der Waals surface area contributed by atoms with Gasteiger partial charge in [0.15, 0.2) is 0 Å². The Morgan fingerprint density at radius 2 is 2.18 bits per heavy atom. The normalized spacial score (nSPS) is 23.0. The van der Waals surface area contributed by atoms with Crippen molar-refractivity contribution >= 4 is 11.6 Å². The van der Waals surface area contributed by atoms with Crippen LogP contribution in [0, 0.1) is 11.3 Å². The molecule has 17 heavy (non-hydrogen) atoms. The van der Waals surface area contributed by atoms with Crippen LogP contribution in [0.5, 0.6) is 0 Å². The number of nitrogens with zero attached hydrogens (tertiary/aromatic N) is 2. The Bertz CT molecular complexity index is 412. The van der Waals surface area contributed by atoms with Crippen molar-refractivity contribution in [3.63, 3.8) is 0 Å². The van der Waals surface area contributed by atoms with E-state index in [2.05, 4.69) is 11.0 Å². The van der Waals surface area contributed by atoms with E-state index in [4.69, 9.17) is 16.3 Å². The molecule has 1 aliphatic heterocycles. The summed E-state index contributed by atoms with van der Waals surface area (Å²) in [7, 11) is 0. The van der Waals surface area contributed by atoms with Gasteiger partial charge in [-0.25, -0.2) is 0 Å². The average Bonchev–Trinajstić information content (AvgIpc) is 2.33. The van der Waals surface area contributed by atoms with Gasteiger partial charge in [-0.2, -0.15) is 5.26 Å². The van der Waals surface area contributed by atoms with E-state index in [1.165, 1.54) is 0 Å². The second-order valence-electron chi connectivity index (χ2n) is 4.26. The number of nitriles is 1. The Balaban J connectivity index is 2.16. The number of rotatable bonds is 2. The van der Waals surface area contributed by atoms with Crippen molar-refractivity contribution in [1.29, 1.82) is 5.26 Å². The van der Waals surface area contributed by atoms with Crippen LogP contribution < -0.4 is 0 Å². The summed E-state index contributed by atoms with van der Waals surface area (Å²) in [5, 5.41) is 10.0. The molecule has 0 N–H and O–H groups in total. The molecule has 0 bridgehead atoms. The van der Waals surface area contributed by atoms with Crippen molar-refractivity contribution in [2.75, 3.05) is 19.7 Å². The fourth-order valence-electron chi connectivity index (χ4n) is 2.09. The van der Waals surface area contributed by atoms with Crippen molar-refractivity contribution in [3.05, 3.63) is 34.9 Å². The minimum atomic E-state index is -0.210. The van der Waals surface area contributed by atoms with E-state index in [0.717, 1.165) is 18.7 Å². The summed E-state index contributed by atoms with van der Waals surface area (Å²) >= 11 is 5.85. The fourth-order valence-corrected chi connectivity index (χ4v) is 2.22. The van der Waals surface area contributed by atoms with Crippen molar-refractivity contribution in [1.82, 2.24) is 4.90 Å². The van der Waals surface area contributed by atoms with E-state index in [1.54, 1.807) is 0 Å². The van der Waals surface area contributed by atoms with E-state index >= 15 is 0 Å². The molecule has 0 amide bonds. The third kappa shape index (κ3) is 2.98. The molecule has 0 unspecified atom stereocenters. The van der Waals surface area contributed by atoms with Gasteiger partial charge in [0.25, 0.3) is 0 Å². The fraction of sp³-hybridized carbons (Fsp3) is 0.462. The highest BCUT2D eigenvalue weighted by Gasteiger charge is 2.25. The molecule has 0 spiro atoms. The molecule has 1 aliphatic rings. The molecule has 2 rings (SSSR count). The molecular formula is C13H15ClN2O. The van der Waals surface area contributed by atoms with Gasteiger partial charge in [-0.15, -0.1) is 0 Å². The molecule has 1 aromatic rings. The zero-order valence-corrected chi connectivity index (χ0v) is 10.5. The molecule has 90 valence electrons. The van der Waals surface area contributed by atoms with E-state index < -0.39 is 0 Å². The first-order valence-electron chi connectivity index (χ1n) is 5.71. The lowest BCUT2D eigenvalue weighted by molar-refractivity contribution is -0.0269. The highest BCUT2D eigenvalue weighted by atomic mass is 35.5. The van der Waals surface area contributed by atoms with Crippen molar-refractivity contribution in [2.24, 2.45) is 0 Å². The molecule has 0 aromatic heterocycles. The Kier molecular flexibility index (Phi) is 4.01. The zero-order valence-electron chi connectivity index (χ0n) is 9.77. The predicted octanol–water partition coefficient (Wildman–Crippen LogP) is 2.63. The molecule has 1 saturated heterocycles. The van der Waals surface area contributed by atoms with Crippen LogP contribution in [0.2, 0.25) is 5.02 Å². The Hall–Kier alpha value is -1.08. The molecule has 0 aliphatic carbocycles. The first kappa shape index (κ1) is 12.4. The maximum Gasteiger partial charge on any atom is 0.124 e. The van der Waals surface area contributed by atoms with Crippen LogP contribution in [-0.4, -0.2) is 30.7 Å². The lowest BCUT2D eigenvalue weighted by atomic mass is 10.1. The molecule has 1 aromatic carbocycles. The highest BCUT2D eigenvalue weighted by Crippen LogP contribution is 2.23. The van der Waals surface area contributed by atoms with Crippen LogP contribution in [0.3, 0.4) is 0 Å². The van der Waals surface area contributed by atoms with Gasteiger partial charge in [-0.1, -0.05) is 23.7 Å². The lowest BCUT2D eigenvalue weighted by Crippen LogP contribution is -2.42. The van der Waals surface area contributed by atoms with E-state index in [0.29, 0.717) is 11.6 Å². The van der Waals surface area contributed by atoms with Gasteiger partial charge < -0.3 is 4.74 Å². The van der Waals surface area contributed by atoms with Gasteiger partial charge in [0, 0.05) is 18.1 Å². The van der Waals surface area contributed by atoms with Crippen LogP contribution >= 0.6 is 11.6 Å². The summed E-state index contributed by atoms with van der Waals surface area (Å²) in [5.74, 6) is 0. The maximum atomic E-state index is 9.32. The quantitative estimate of drug-likeness (QED) is 0.810. The average molecular weight is 251 g/mol. The molecule has 0 saturated carbocycles. The van der Waals surface area contributed by atoms with Crippen LogP contribution in [-0.2, 0) is 4.74 Å². The van der Waals surface area contributed by atoms with Crippen LogP contribution in [0.4, 0.5) is 0 Å². The number of ether oxygens (including phenoxy) is 1. The predicted molar refractivity (Wildman–Crippen MR) is 66.8 cm³/mol. The van der Waals surface area contributed by atoms with E-state index in [1.807, 2.05) is 31.2 Å². The standard InChI is InChI=1S/C13H15ClN2O/c1-10-9-16(6-7-17-10)13(8-15)11-2-4-12(14)5-3-11/h2-5,10,13H,6-7,9H2,1H3/t10-,13+/m1/s1. The van der Waals surface area contributed by atoms with Crippen LogP contribution in [0.25, 0.3) is 0 Å². The second kappa shape index (κ2) is 5.50. The summed E-state index contributed by atoms with van der Waals surface area (Å²) < 4.78 is 5.49. The largest absolute Gasteiger partial charge is 0.376 e. The Morgan fingerprint density at radius 3 is 2.76 bits per heavy atom. The summed E-state index contributed by atoms with van der Waals surface area (Å²) in [6.07, 6.45) is 0.187. The van der Waals surface area contributed by atoms with E-state index in [-0.39, 0.29) is 12.1 Å². The maximum absolute atomic E-state index is 9.32. The smallest absolute Gasteiger partial charge is 0.124 e. The molecule has 2 atom stereocenters. The van der Waals surface area contributed by atoms with E-state index in [9.17, 15) is 5.26 Å². The minimum absolute atomic E-state index is 0.187. The van der Waals surface area contributed by atoms with Gasteiger partial charge in [0.2, 0.25) is 0 Å². The Labute approximate surface area is 107 Å². The van der Waals surface area contributed by atoms with Crippen molar-refractivity contribution in [3.8, 4) is 6.07 Å². The molecule has 1 fully saturated rings. The van der Waals surface area contributed by atoms with Gasteiger partial charge in [0.1, 0.15) is 6.04 Å². The SMILES string of the molecule is C[C@@H]1CN([C@@H](C#N)c2ccc(Cl)cc2)CCO1. The topological polar surface area (TPSA) is 36.3 Å².